The SMILES string of the molecule is CCCCCCCCCCCCN(C)C(=O)[C@@H](NC(=O)c1cc2cc(C)ccc2[nH]1)[C@@H](C)O. The fourth-order valence-corrected chi connectivity index (χ4v) is 4.17. The molecule has 6 heteroatoms. The molecule has 0 radical (unpaired) electrons. The Bertz CT molecular complexity index is 875. The maximum atomic E-state index is 12.9. The molecule has 0 fully saturated rings. The lowest BCUT2D eigenvalue weighted by molar-refractivity contribution is -0.134. The van der Waals surface area contributed by atoms with E-state index in [4.69, 9.17) is 0 Å². The summed E-state index contributed by atoms with van der Waals surface area (Å²) in [6.45, 7) is 6.40. The van der Waals surface area contributed by atoms with Gasteiger partial charge in [0.15, 0.2) is 0 Å². The Balaban J connectivity index is 1.76. The minimum atomic E-state index is -0.983. The molecule has 184 valence electrons. The lowest BCUT2D eigenvalue weighted by Crippen LogP contribution is -2.53. The van der Waals surface area contributed by atoms with E-state index >= 15 is 0 Å². The molecule has 2 atom stereocenters. The first kappa shape index (κ1) is 26.9. The molecule has 1 aromatic carbocycles. The third-order valence-corrected chi connectivity index (χ3v) is 6.28. The second-order valence-electron chi connectivity index (χ2n) is 9.41. The van der Waals surface area contributed by atoms with Gasteiger partial charge in [-0.05, 0) is 38.5 Å². The molecule has 0 unspecified atom stereocenters. The molecule has 0 aliphatic carbocycles. The molecule has 0 saturated heterocycles. The van der Waals surface area contributed by atoms with Crippen molar-refractivity contribution in [2.24, 2.45) is 0 Å². The van der Waals surface area contributed by atoms with Gasteiger partial charge in [0.05, 0.1) is 6.10 Å². The van der Waals surface area contributed by atoms with Crippen molar-refractivity contribution < 1.29 is 14.7 Å². The van der Waals surface area contributed by atoms with Crippen LogP contribution in [0, 0.1) is 6.92 Å². The van der Waals surface area contributed by atoms with Crippen molar-refractivity contribution in [3.8, 4) is 0 Å². The van der Waals surface area contributed by atoms with Gasteiger partial charge in [0.25, 0.3) is 5.91 Å². The average molecular weight is 458 g/mol. The number of aliphatic hydroxyl groups is 1. The topological polar surface area (TPSA) is 85.4 Å². The molecule has 1 heterocycles. The quantitative estimate of drug-likeness (QED) is 0.316. The zero-order valence-corrected chi connectivity index (χ0v) is 21.0. The Morgan fingerprint density at radius 2 is 1.61 bits per heavy atom. The third-order valence-electron chi connectivity index (χ3n) is 6.28. The number of aliphatic hydroxyl groups excluding tert-OH is 1. The van der Waals surface area contributed by atoms with Crippen LogP contribution in [-0.4, -0.2) is 52.5 Å². The number of nitrogens with zero attached hydrogens (tertiary/aromatic N) is 1. The van der Waals surface area contributed by atoms with Gasteiger partial charge in [0, 0.05) is 24.5 Å². The second-order valence-corrected chi connectivity index (χ2v) is 9.41. The van der Waals surface area contributed by atoms with Gasteiger partial charge in [-0.25, -0.2) is 0 Å². The predicted octanol–water partition coefficient (Wildman–Crippen LogP) is 5.33. The van der Waals surface area contributed by atoms with Gasteiger partial charge in [0.2, 0.25) is 5.91 Å². The van der Waals surface area contributed by atoms with Crippen LogP contribution < -0.4 is 5.32 Å². The summed E-state index contributed by atoms with van der Waals surface area (Å²) in [5.74, 6) is -0.656. The number of unbranched alkanes of at least 4 members (excludes halogenated alkanes) is 9. The number of aromatic nitrogens is 1. The van der Waals surface area contributed by atoms with Crippen molar-refractivity contribution in [2.45, 2.75) is 97.1 Å². The van der Waals surface area contributed by atoms with Crippen LogP contribution in [0.25, 0.3) is 10.9 Å². The van der Waals surface area contributed by atoms with E-state index in [0.29, 0.717) is 12.2 Å². The first-order chi connectivity index (χ1) is 15.8. The number of carbonyl (C=O) groups excluding carboxylic acids is 2. The number of nitrogens with one attached hydrogen (secondary N) is 2. The molecule has 0 aliphatic rings. The van der Waals surface area contributed by atoms with Crippen LogP contribution in [-0.2, 0) is 4.79 Å². The summed E-state index contributed by atoms with van der Waals surface area (Å²) in [6.07, 6.45) is 11.4. The smallest absolute Gasteiger partial charge is 0.268 e. The highest BCUT2D eigenvalue weighted by Crippen LogP contribution is 2.17. The fourth-order valence-electron chi connectivity index (χ4n) is 4.17. The number of H-pyrrole nitrogens is 1. The number of rotatable bonds is 15. The van der Waals surface area contributed by atoms with Crippen molar-refractivity contribution in [1.82, 2.24) is 15.2 Å². The Labute approximate surface area is 199 Å². The average Bonchev–Trinajstić information content (AvgIpc) is 3.21. The predicted molar refractivity (Wildman–Crippen MR) is 135 cm³/mol. The van der Waals surface area contributed by atoms with E-state index in [-0.39, 0.29) is 5.91 Å². The standard InChI is InChI=1S/C27H43N3O3/c1-5-6-7-8-9-10-11-12-13-14-17-30(4)27(33)25(21(3)31)29-26(32)24-19-22-18-20(2)15-16-23(22)28-24/h15-16,18-19,21,25,28,31H,5-14,17H2,1-4H3,(H,29,32)/t21-,25+/m1/s1. The van der Waals surface area contributed by atoms with Gasteiger partial charge in [-0.3, -0.25) is 9.59 Å². The van der Waals surface area contributed by atoms with Crippen LogP contribution in [0.4, 0.5) is 0 Å². The number of hydrogen-bond acceptors (Lipinski definition) is 3. The van der Waals surface area contributed by atoms with Crippen molar-refractivity contribution >= 4 is 22.7 Å². The van der Waals surface area contributed by atoms with Gasteiger partial charge in [-0.15, -0.1) is 0 Å². The molecule has 6 nitrogen and oxygen atoms in total. The number of aryl methyl sites for hydroxylation is 1. The molecule has 2 amide bonds. The number of amides is 2. The van der Waals surface area contributed by atoms with Gasteiger partial charge in [0.1, 0.15) is 11.7 Å². The highest BCUT2D eigenvalue weighted by molar-refractivity contribution is 6.00. The van der Waals surface area contributed by atoms with Gasteiger partial charge >= 0.3 is 0 Å². The van der Waals surface area contributed by atoms with Crippen molar-refractivity contribution in [2.75, 3.05) is 13.6 Å². The molecule has 0 bridgehead atoms. The van der Waals surface area contributed by atoms with Crippen molar-refractivity contribution in [3.05, 3.63) is 35.5 Å². The zero-order chi connectivity index (χ0) is 24.2. The Morgan fingerprint density at radius 1 is 1.00 bits per heavy atom. The molecule has 0 spiro atoms. The summed E-state index contributed by atoms with van der Waals surface area (Å²) in [5.41, 5.74) is 2.36. The monoisotopic (exact) mass is 457 g/mol. The molecular formula is C27H43N3O3. The van der Waals surface area contributed by atoms with Crippen LogP contribution in [0.15, 0.2) is 24.3 Å². The normalized spacial score (nSPS) is 13.1. The summed E-state index contributed by atoms with van der Waals surface area (Å²) in [4.78, 5) is 30.4. The van der Waals surface area contributed by atoms with E-state index < -0.39 is 18.1 Å². The molecular weight excluding hydrogens is 414 g/mol. The van der Waals surface area contributed by atoms with Gasteiger partial charge in [-0.1, -0.05) is 76.3 Å². The largest absolute Gasteiger partial charge is 0.391 e. The van der Waals surface area contributed by atoms with E-state index in [0.717, 1.165) is 29.3 Å². The summed E-state index contributed by atoms with van der Waals surface area (Å²) < 4.78 is 0. The lowest BCUT2D eigenvalue weighted by atomic mass is 10.1. The molecule has 2 aromatic rings. The molecule has 2 rings (SSSR count). The molecule has 0 aliphatic heterocycles. The van der Waals surface area contributed by atoms with Crippen LogP contribution in [0.2, 0.25) is 0 Å². The summed E-state index contributed by atoms with van der Waals surface area (Å²) in [5, 5.41) is 13.8. The van der Waals surface area contributed by atoms with Crippen molar-refractivity contribution in [1.29, 1.82) is 0 Å². The first-order valence-electron chi connectivity index (χ1n) is 12.7. The number of fused-ring (bicyclic) bond motifs is 1. The van der Waals surface area contributed by atoms with Crippen molar-refractivity contribution in [3.63, 3.8) is 0 Å². The van der Waals surface area contributed by atoms with E-state index in [1.807, 2.05) is 25.1 Å². The van der Waals surface area contributed by atoms with Crippen LogP contribution >= 0.6 is 0 Å². The van der Waals surface area contributed by atoms with E-state index in [9.17, 15) is 14.7 Å². The number of benzene rings is 1. The second kappa shape index (κ2) is 14.0. The van der Waals surface area contributed by atoms with Gasteiger partial charge < -0.3 is 20.3 Å². The first-order valence-corrected chi connectivity index (χ1v) is 12.7. The third kappa shape index (κ3) is 8.84. The zero-order valence-electron chi connectivity index (χ0n) is 21.0. The van der Waals surface area contributed by atoms with Gasteiger partial charge in [-0.2, -0.15) is 0 Å². The number of likely N-dealkylation sites (N-methyl/N-ethyl adjacent to an activating group) is 1. The van der Waals surface area contributed by atoms with E-state index in [1.54, 1.807) is 18.0 Å². The van der Waals surface area contributed by atoms with Crippen LogP contribution in [0.1, 0.15) is 94.1 Å². The van der Waals surface area contributed by atoms with Crippen LogP contribution in [0.3, 0.4) is 0 Å². The molecule has 33 heavy (non-hydrogen) atoms. The number of hydrogen-bond donors (Lipinski definition) is 3. The molecule has 3 N–H and O–H groups in total. The molecule has 0 saturated carbocycles. The Kier molecular flexibility index (Phi) is 11.4. The highest BCUT2D eigenvalue weighted by atomic mass is 16.3. The Morgan fingerprint density at radius 3 is 2.21 bits per heavy atom. The van der Waals surface area contributed by atoms with Crippen LogP contribution in [0.5, 0.6) is 0 Å². The minimum absolute atomic E-state index is 0.263. The van der Waals surface area contributed by atoms with E-state index in [2.05, 4.69) is 17.2 Å². The summed E-state index contributed by atoms with van der Waals surface area (Å²) >= 11 is 0. The Hall–Kier alpha value is -2.34. The maximum absolute atomic E-state index is 12.9. The van der Waals surface area contributed by atoms with E-state index in [1.165, 1.54) is 58.3 Å². The number of carbonyl (C=O) groups is 2. The lowest BCUT2D eigenvalue weighted by Gasteiger charge is -2.26. The number of aromatic amines is 1. The molecule has 1 aromatic heterocycles. The highest BCUT2D eigenvalue weighted by Gasteiger charge is 2.29. The summed E-state index contributed by atoms with van der Waals surface area (Å²) in [7, 11) is 1.74. The maximum Gasteiger partial charge on any atom is 0.268 e. The fraction of sp³-hybridized carbons (Fsp3) is 0.630. The minimum Gasteiger partial charge on any atom is -0.391 e. The summed E-state index contributed by atoms with van der Waals surface area (Å²) in [6, 6.07) is 6.71.